The molecule has 12 heteroatoms. The van der Waals surface area contributed by atoms with E-state index in [2.05, 4.69) is 30.7 Å². The van der Waals surface area contributed by atoms with E-state index < -0.39 is 6.36 Å². The molecule has 0 radical (unpaired) electrons. The summed E-state index contributed by atoms with van der Waals surface area (Å²) in [4.78, 5) is 4.28. The number of ether oxygens (including phenoxy) is 2. The van der Waals surface area contributed by atoms with Crippen LogP contribution in [-0.2, 0) is 0 Å². The van der Waals surface area contributed by atoms with Crippen molar-refractivity contribution >= 4 is 29.2 Å². The Bertz CT molecular complexity index is 1400. The molecule has 0 aliphatic rings. The first-order chi connectivity index (χ1) is 17.7. The molecule has 37 heavy (non-hydrogen) atoms. The zero-order valence-electron chi connectivity index (χ0n) is 19.7. The van der Waals surface area contributed by atoms with Crippen molar-refractivity contribution in [1.82, 2.24) is 20.2 Å². The summed E-state index contributed by atoms with van der Waals surface area (Å²) in [5.41, 5.74) is 6.63. The molecule has 0 fully saturated rings. The van der Waals surface area contributed by atoms with Crippen LogP contribution in [0.15, 0.2) is 78.2 Å². The van der Waals surface area contributed by atoms with Crippen LogP contribution in [0.25, 0.3) is 17.1 Å². The Balaban J connectivity index is 1.35. The van der Waals surface area contributed by atoms with Gasteiger partial charge in [-0.15, -0.1) is 18.3 Å². The lowest BCUT2D eigenvalue weighted by Crippen LogP contribution is -2.24. The van der Waals surface area contributed by atoms with Gasteiger partial charge in [-0.05, 0) is 61.1 Å². The molecular formula is C25H21F3N6O2S. The molecule has 4 rings (SSSR count). The van der Waals surface area contributed by atoms with E-state index in [-0.39, 0.29) is 5.75 Å². The maximum atomic E-state index is 12.3. The zero-order valence-corrected chi connectivity index (χ0v) is 20.5. The molecular weight excluding hydrogens is 505 g/mol. The van der Waals surface area contributed by atoms with Gasteiger partial charge in [-0.2, -0.15) is 5.10 Å². The number of aromatic nitrogens is 3. The van der Waals surface area contributed by atoms with Crippen molar-refractivity contribution in [2.24, 2.45) is 5.10 Å². The van der Waals surface area contributed by atoms with E-state index in [9.17, 15) is 13.2 Å². The molecule has 1 aromatic heterocycles. The maximum absolute atomic E-state index is 12.3. The number of halogens is 3. The summed E-state index contributed by atoms with van der Waals surface area (Å²) in [6, 6.07) is 18.3. The molecule has 4 aromatic rings. The van der Waals surface area contributed by atoms with E-state index >= 15 is 0 Å². The van der Waals surface area contributed by atoms with Crippen LogP contribution in [0.2, 0.25) is 0 Å². The van der Waals surface area contributed by atoms with Gasteiger partial charge in [-0.25, -0.2) is 9.67 Å². The average Bonchev–Trinajstić information content (AvgIpc) is 3.36. The number of nitrogens with zero attached hydrogens (tertiary/aromatic N) is 4. The Hall–Kier alpha value is -4.45. The van der Waals surface area contributed by atoms with Gasteiger partial charge in [0.05, 0.1) is 19.0 Å². The summed E-state index contributed by atoms with van der Waals surface area (Å²) >= 11 is 5.30. The predicted molar refractivity (Wildman–Crippen MR) is 138 cm³/mol. The molecule has 1 heterocycles. The van der Waals surface area contributed by atoms with Crippen molar-refractivity contribution in [3.05, 3.63) is 84.2 Å². The van der Waals surface area contributed by atoms with Gasteiger partial charge in [0.15, 0.2) is 10.9 Å². The highest BCUT2D eigenvalue weighted by Crippen LogP contribution is 2.25. The predicted octanol–water partition coefficient (Wildman–Crippen LogP) is 5.47. The first-order valence-corrected chi connectivity index (χ1v) is 11.2. The smallest absolute Gasteiger partial charge is 0.496 e. The summed E-state index contributed by atoms with van der Waals surface area (Å²) in [7, 11) is 1.61. The lowest BCUT2D eigenvalue weighted by atomic mass is 10.1. The third kappa shape index (κ3) is 6.82. The van der Waals surface area contributed by atoms with E-state index in [0.29, 0.717) is 16.6 Å². The molecule has 0 spiro atoms. The fourth-order valence-electron chi connectivity index (χ4n) is 3.33. The molecule has 0 amide bonds. The van der Waals surface area contributed by atoms with Crippen molar-refractivity contribution in [1.29, 1.82) is 0 Å². The van der Waals surface area contributed by atoms with E-state index in [1.807, 2.05) is 49.4 Å². The van der Waals surface area contributed by atoms with Crippen molar-refractivity contribution in [3.8, 4) is 28.6 Å². The number of hydrazone groups is 1. The Morgan fingerprint density at radius 2 is 1.78 bits per heavy atom. The van der Waals surface area contributed by atoms with E-state index in [4.69, 9.17) is 17.0 Å². The molecule has 2 N–H and O–H groups in total. The van der Waals surface area contributed by atoms with Crippen LogP contribution in [0.4, 0.5) is 18.9 Å². The molecule has 0 aliphatic heterocycles. The average molecular weight is 527 g/mol. The normalized spacial score (nSPS) is 11.4. The Morgan fingerprint density at radius 1 is 1.05 bits per heavy atom. The number of thiocarbonyl (C=S) groups is 1. The van der Waals surface area contributed by atoms with Crippen molar-refractivity contribution in [2.75, 3.05) is 12.4 Å². The summed E-state index contributed by atoms with van der Waals surface area (Å²) in [6.45, 7) is 1.93. The second kappa shape index (κ2) is 11.1. The highest BCUT2D eigenvalue weighted by molar-refractivity contribution is 7.80. The molecule has 8 nitrogen and oxygen atoms in total. The molecule has 190 valence electrons. The number of hydrogen-bond acceptors (Lipinski definition) is 6. The van der Waals surface area contributed by atoms with Crippen LogP contribution in [0.5, 0.6) is 11.5 Å². The maximum Gasteiger partial charge on any atom is 0.573 e. The van der Waals surface area contributed by atoms with Crippen LogP contribution in [0, 0.1) is 6.92 Å². The fourth-order valence-corrected chi connectivity index (χ4v) is 3.49. The van der Waals surface area contributed by atoms with Gasteiger partial charge in [-0.1, -0.05) is 30.3 Å². The third-order valence-corrected chi connectivity index (χ3v) is 5.32. The quantitative estimate of drug-likeness (QED) is 0.188. The van der Waals surface area contributed by atoms with E-state index in [1.165, 1.54) is 35.3 Å². The minimum absolute atomic E-state index is 0.310. The van der Waals surface area contributed by atoms with Gasteiger partial charge in [0.1, 0.15) is 17.8 Å². The molecule has 0 saturated carbocycles. The van der Waals surface area contributed by atoms with Crippen molar-refractivity contribution < 1.29 is 22.6 Å². The lowest BCUT2D eigenvalue weighted by Gasteiger charge is -2.12. The number of anilines is 1. The second-order valence-corrected chi connectivity index (χ2v) is 8.04. The molecule has 0 unspecified atom stereocenters. The zero-order chi connectivity index (χ0) is 26.4. The highest BCUT2D eigenvalue weighted by atomic mass is 32.1. The first kappa shape index (κ1) is 25.6. The lowest BCUT2D eigenvalue weighted by molar-refractivity contribution is -0.274. The van der Waals surface area contributed by atoms with Gasteiger partial charge < -0.3 is 14.8 Å². The standard InChI is InChI=1S/C25H21F3N6O2S/c1-16-21(4-3-5-22(16)35-2)31-24(37)32-30-14-17-6-8-18(9-7-17)23-29-15-34(33-23)19-10-12-20(13-11-19)36-25(26,27)28/h3-15H,1-2H3,(H2,31,32,37)/b30-14+. The minimum Gasteiger partial charge on any atom is -0.496 e. The van der Waals surface area contributed by atoms with Gasteiger partial charge >= 0.3 is 6.36 Å². The Labute approximate surface area is 215 Å². The second-order valence-electron chi connectivity index (χ2n) is 7.63. The van der Waals surface area contributed by atoms with Gasteiger partial charge in [-0.3, -0.25) is 5.43 Å². The monoisotopic (exact) mass is 526 g/mol. The summed E-state index contributed by atoms with van der Waals surface area (Å²) in [5, 5.41) is 12.0. The molecule has 3 aromatic carbocycles. The number of alkyl halides is 3. The van der Waals surface area contributed by atoms with Gasteiger partial charge in [0.2, 0.25) is 0 Å². The largest absolute Gasteiger partial charge is 0.573 e. The number of hydrogen-bond donors (Lipinski definition) is 2. The topological polar surface area (TPSA) is 85.6 Å². The van der Waals surface area contributed by atoms with Crippen molar-refractivity contribution in [2.45, 2.75) is 13.3 Å². The SMILES string of the molecule is COc1cccc(NC(=S)N/N=C/c2ccc(-c3ncn(-c4ccc(OC(F)(F)F)cc4)n3)cc2)c1C. The molecule has 0 atom stereocenters. The summed E-state index contributed by atoms with van der Waals surface area (Å²) in [6.07, 6.45) is -1.65. The number of benzene rings is 3. The van der Waals surface area contributed by atoms with Gasteiger partial charge in [0, 0.05) is 16.8 Å². The van der Waals surface area contributed by atoms with Crippen molar-refractivity contribution in [3.63, 3.8) is 0 Å². The first-order valence-electron chi connectivity index (χ1n) is 10.8. The van der Waals surface area contributed by atoms with Crippen LogP contribution in [-0.4, -0.2) is 39.6 Å². The van der Waals surface area contributed by atoms with E-state index in [0.717, 1.165) is 28.1 Å². The third-order valence-electron chi connectivity index (χ3n) is 5.13. The van der Waals surface area contributed by atoms with Crippen LogP contribution < -0.4 is 20.2 Å². The minimum atomic E-state index is -4.74. The van der Waals surface area contributed by atoms with Gasteiger partial charge in [0.25, 0.3) is 0 Å². The molecule has 0 bridgehead atoms. The molecule has 0 saturated heterocycles. The number of nitrogens with one attached hydrogen (secondary N) is 2. The van der Waals surface area contributed by atoms with Crippen LogP contribution in [0.1, 0.15) is 11.1 Å². The molecule has 0 aliphatic carbocycles. The number of methoxy groups -OCH3 is 1. The fraction of sp³-hybridized carbons (Fsp3) is 0.120. The van der Waals surface area contributed by atoms with Crippen LogP contribution in [0.3, 0.4) is 0 Å². The van der Waals surface area contributed by atoms with E-state index in [1.54, 1.807) is 13.3 Å². The number of rotatable bonds is 7. The van der Waals surface area contributed by atoms with Crippen LogP contribution >= 0.6 is 12.2 Å². The Morgan fingerprint density at radius 3 is 2.46 bits per heavy atom. The Kier molecular flexibility index (Phi) is 7.68. The summed E-state index contributed by atoms with van der Waals surface area (Å²) in [5.74, 6) is 0.899. The highest BCUT2D eigenvalue weighted by Gasteiger charge is 2.31. The summed E-state index contributed by atoms with van der Waals surface area (Å²) < 4.78 is 47.6.